The maximum Gasteiger partial charge on any atom is 2.00 e. The maximum absolute atomic E-state index is 10.3. The van der Waals surface area contributed by atoms with Crippen molar-refractivity contribution in [2.45, 2.75) is 277 Å². The fourth-order valence-corrected chi connectivity index (χ4v) is 6.57. The second-order valence-electron chi connectivity index (χ2n) is 18.0. The molecule has 0 saturated heterocycles. The standard InChI is InChI=1S/7C8H16O2.Co.V/c7*1-3-5-6-7(4-2)8(9)10;;/h7*7H,3-6H2,1-2H3,(H,9,10);;/q;;;;;;;+2;/p-7. The molecule has 0 fully saturated rings. The van der Waals surface area contributed by atoms with Gasteiger partial charge in [0, 0.05) is 60.3 Å². The summed E-state index contributed by atoms with van der Waals surface area (Å²) >= 11 is 0. The van der Waals surface area contributed by atoms with Gasteiger partial charge >= 0.3 is 16.8 Å². The Morgan fingerprint density at radius 1 is 0.236 bits per heavy atom. The van der Waals surface area contributed by atoms with Crippen LogP contribution in [0.5, 0.6) is 0 Å². The monoisotopic (exact) mass is 1110 g/mol. The Morgan fingerprint density at radius 3 is 0.361 bits per heavy atom. The Balaban J connectivity index is -0.0000000915. The van der Waals surface area contributed by atoms with Crippen molar-refractivity contribution in [3.05, 3.63) is 0 Å². The van der Waals surface area contributed by atoms with Gasteiger partial charge in [0.15, 0.2) is 0 Å². The van der Waals surface area contributed by atoms with E-state index >= 15 is 0 Å². The molecule has 0 heterocycles. The number of hydrogen-bond donors (Lipinski definition) is 0. The van der Waals surface area contributed by atoms with Crippen LogP contribution in [0.3, 0.4) is 0 Å². The van der Waals surface area contributed by atoms with E-state index in [-0.39, 0.29) is 76.8 Å². The Kier molecular flexibility index (Phi) is 84.5. The van der Waals surface area contributed by atoms with E-state index in [0.29, 0.717) is 44.9 Å². The van der Waals surface area contributed by atoms with Gasteiger partial charge in [-0.05, 0) is 131 Å². The van der Waals surface area contributed by atoms with Crippen LogP contribution in [0, 0.1) is 41.4 Å². The van der Waals surface area contributed by atoms with E-state index < -0.39 is 41.8 Å². The maximum atomic E-state index is 10.3. The van der Waals surface area contributed by atoms with Crippen LogP contribution in [0.15, 0.2) is 0 Å². The summed E-state index contributed by atoms with van der Waals surface area (Å²) in [6.45, 7) is 27.6. The number of aliphatic carboxylic acids is 7. The van der Waals surface area contributed by atoms with Gasteiger partial charge in [-0.25, -0.2) is 0 Å². The molecule has 2 radical (unpaired) electrons. The third-order valence-electron chi connectivity index (χ3n) is 12.1. The molecule has 0 amide bonds. The van der Waals surface area contributed by atoms with E-state index in [1.54, 1.807) is 0 Å². The third-order valence-corrected chi connectivity index (χ3v) is 12.1. The van der Waals surface area contributed by atoms with Crippen molar-refractivity contribution in [1.29, 1.82) is 0 Å². The molecule has 0 saturated carbocycles. The number of unbranched alkanes of at least 4 members (excludes halogenated alkanes) is 7. The molecule has 7 unspecified atom stereocenters. The predicted molar refractivity (Wildman–Crippen MR) is 268 cm³/mol. The molecule has 0 spiro atoms. The number of rotatable bonds is 35. The summed E-state index contributed by atoms with van der Waals surface area (Å²) in [6.07, 6.45) is 24.7. The van der Waals surface area contributed by atoms with Crippen LogP contribution < -0.4 is 35.7 Å². The molecule has 0 aromatic carbocycles. The third kappa shape index (κ3) is 65.4. The molecule has 16 heteroatoms. The average Bonchev–Trinajstić information content (AvgIpc) is 3.31. The first-order valence-corrected chi connectivity index (χ1v) is 27.5. The van der Waals surface area contributed by atoms with Crippen LogP contribution >= 0.6 is 0 Å². The van der Waals surface area contributed by atoms with E-state index in [1.807, 2.05) is 48.5 Å². The number of carboxylic acids is 7. The summed E-state index contributed by atoms with van der Waals surface area (Å²) < 4.78 is 0. The van der Waals surface area contributed by atoms with Crippen LogP contribution in [0.2, 0.25) is 0 Å². The first-order chi connectivity index (χ1) is 33.0. The second-order valence-corrected chi connectivity index (χ2v) is 18.0. The van der Waals surface area contributed by atoms with Gasteiger partial charge < -0.3 is 69.3 Å². The van der Waals surface area contributed by atoms with Gasteiger partial charge in [-0.15, -0.1) is 0 Å². The fraction of sp³-hybridized carbons (Fsp3) is 0.875. The average molecular weight is 1110 g/mol. The first kappa shape index (κ1) is 89.0. The van der Waals surface area contributed by atoms with E-state index in [4.69, 9.17) is 0 Å². The number of carbonyl (C=O) groups excluding carboxylic acids is 7. The van der Waals surface area contributed by atoms with Gasteiger partial charge in [0.05, 0.1) is 0 Å². The largest absolute Gasteiger partial charge is 2.00 e. The molecule has 0 bridgehead atoms. The number of carbonyl (C=O) groups is 7. The molecule has 0 aliphatic carbocycles. The molecule has 0 aliphatic rings. The zero-order valence-electron chi connectivity index (χ0n) is 47.8. The summed E-state index contributed by atoms with van der Waals surface area (Å²) in [6, 6.07) is 0. The van der Waals surface area contributed by atoms with Gasteiger partial charge in [-0.1, -0.05) is 187 Å². The van der Waals surface area contributed by atoms with Gasteiger partial charge in [-0.2, -0.15) is 0 Å². The summed E-state index contributed by atoms with van der Waals surface area (Å²) in [5.41, 5.74) is 0. The molecule has 0 aromatic rings. The van der Waals surface area contributed by atoms with E-state index in [1.165, 1.54) is 0 Å². The van der Waals surface area contributed by atoms with Gasteiger partial charge in [0.25, 0.3) is 0 Å². The van der Waals surface area contributed by atoms with Gasteiger partial charge in [0.2, 0.25) is 0 Å². The van der Waals surface area contributed by atoms with Crippen molar-refractivity contribution in [2.75, 3.05) is 0 Å². The van der Waals surface area contributed by atoms with Crippen molar-refractivity contribution >= 4 is 41.8 Å². The molecule has 0 N–H and O–H groups in total. The predicted octanol–water partition coefficient (Wildman–Crippen LogP) is 6.66. The molecule has 72 heavy (non-hydrogen) atoms. The molecule has 432 valence electrons. The topological polar surface area (TPSA) is 281 Å². The minimum absolute atomic E-state index is 0. The van der Waals surface area contributed by atoms with E-state index in [2.05, 4.69) is 48.5 Å². The minimum atomic E-state index is -0.893. The molecule has 0 aromatic heterocycles. The summed E-state index contributed by atoms with van der Waals surface area (Å²) in [7, 11) is 0. The zero-order chi connectivity index (χ0) is 55.9. The van der Waals surface area contributed by atoms with Crippen molar-refractivity contribution in [2.24, 2.45) is 41.4 Å². The van der Waals surface area contributed by atoms with Crippen LogP contribution in [-0.4, -0.2) is 41.8 Å². The Morgan fingerprint density at radius 2 is 0.319 bits per heavy atom. The number of hydrogen-bond acceptors (Lipinski definition) is 14. The normalized spacial score (nSPS) is 12.6. The van der Waals surface area contributed by atoms with E-state index in [0.717, 1.165) is 135 Å². The van der Waals surface area contributed by atoms with Gasteiger partial charge in [0.1, 0.15) is 0 Å². The minimum Gasteiger partial charge on any atom is -0.550 e. The first-order valence-electron chi connectivity index (χ1n) is 27.5. The van der Waals surface area contributed by atoms with Crippen LogP contribution in [0.1, 0.15) is 277 Å². The van der Waals surface area contributed by atoms with Crippen molar-refractivity contribution in [3.63, 3.8) is 0 Å². The molecule has 0 aliphatic heterocycles. The smallest absolute Gasteiger partial charge is 0.550 e. The van der Waals surface area contributed by atoms with Crippen molar-refractivity contribution in [1.82, 2.24) is 0 Å². The fourth-order valence-electron chi connectivity index (χ4n) is 6.57. The van der Waals surface area contributed by atoms with Gasteiger partial charge in [-0.3, -0.25) is 0 Å². The zero-order valence-corrected chi connectivity index (χ0v) is 50.3. The quantitative estimate of drug-likeness (QED) is 0.0641. The summed E-state index contributed by atoms with van der Waals surface area (Å²) in [5, 5.41) is 72.3. The second kappa shape index (κ2) is 68.4. The Hall–Kier alpha value is -2.62. The molecular weight excluding hydrogens is 1010 g/mol. The van der Waals surface area contributed by atoms with Crippen molar-refractivity contribution < 1.29 is 105 Å². The molecule has 14 nitrogen and oxygen atoms in total. The summed E-state index contributed by atoms with van der Waals surface area (Å²) in [4.78, 5) is 72.3. The SMILES string of the molecule is CCCCC(CC)C(=O)[O-].CCCCC(CC)C(=O)[O-].CCCCC(CC)C(=O)[O-].CCCCC(CC)C(=O)[O-].CCCCC(CC)C(=O)[O-].CCCCC(CC)C(=O)[O-].CCCCC(CC)C(=O)[O-].[Co+2].[V]. The molecular formula is C56H105CoO14V-5. The van der Waals surface area contributed by atoms with Crippen LogP contribution in [0.25, 0.3) is 0 Å². The molecule has 7 atom stereocenters. The number of carboxylic acid groups (broad SMARTS) is 7. The Bertz CT molecular complexity index is 967. The van der Waals surface area contributed by atoms with Crippen LogP contribution in [-0.2, 0) is 68.9 Å². The van der Waals surface area contributed by atoms with Crippen molar-refractivity contribution in [3.8, 4) is 0 Å². The van der Waals surface area contributed by atoms with E-state index in [9.17, 15) is 69.3 Å². The van der Waals surface area contributed by atoms with Crippen LogP contribution in [0.4, 0.5) is 0 Å². The Labute approximate surface area is 462 Å². The molecule has 0 rings (SSSR count). The summed E-state index contributed by atoms with van der Waals surface area (Å²) in [5.74, 6) is -7.80.